The van der Waals surface area contributed by atoms with Crippen LogP contribution in [0.15, 0.2) is 47.5 Å². The fraction of sp³-hybridized carbons (Fsp3) is 0.375. The van der Waals surface area contributed by atoms with Crippen molar-refractivity contribution in [2.24, 2.45) is 0 Å². The lowest BCUT2D eigenvalue weighted by Crippen LogP contribution is -2.36. The van der Waals surface area contributed by atoms with Gasteiger partial charge in [-0.05, 0) is 48.7 Å². The van der Waals surface area contributed by atoms with E-state index in [4.69, 9.17) is 9.47 Å². The number of benzene rings is 2. The van der Waals surface area contributed by atoms with Crippen molar-refractivity contribution in [2.45, 2.75) is 39.8 Å². The molecule has 0 aliphatic rings. The van der Waals surface area contributed by atoms with E-state index in [0.717, 1.165) is 24.5 Å². The van der Waals surface area contributed by atoms with E-state index < -0.39 is 11.4 Å². The van der Waals surface area contributed by atoms with Gasteiger partial charge in [0, 0.05) is 13.1 Å². The third kappa shape index (κ3) is 5.43. The Morgan fingerprint density at radius 1 is 1.12 bits per heavy atom. The molecule has 1 heterocycles. The summed E-state index contributed by atoms with van der Waals surface area (Å²) in [5, 5.41) is 0.148. The average Bonchev–Trinajstić information content (AvgIpc) is 2.79. The number of fused-ring (bicyclic) bond motifs is 1. The van der Waals surface area contributed by atoms with Gasteiger partial charge in [0.2, 0.25) is 5.91 Å². The normalized spacial score (nSPS) is 10.9. The van der Waals surface area contributed by atoms with E-state index in [2.05, 4.69) is 4.98 Å². The van der Waals surface area contributed by atoms with Crippen molar-refractivity contribution < 1.29 is 18.7 Å². The number of ether oxygens (including phenoxy) is 2. The molecule has 3 aromatic rings. The number of nitrogens with zero attached hydrogens (tertiary/aromatic N) is 3. The second kappa shape index (κ2) is 10.7. The first kappa shape index (κ1) is 23.2. The molecule has 0 fully saturated rings. The molecule has 0 radical (unpaired) electrons. The standard InChI is InChI=1S/C24H28FN3O4/c1-4-10-27(14-17-6-9-21(32-11-5-2)22(12-17)31-3)23(29)15-28-16-26-20-8-7-18(25)13-19(20)24(28)30/h6-9,12-13,16H,4-5,10-11,14-15H2,1-3H3. The smallest absolute Gasteiger partial charge is 0.261 e. The Balaban J connectivity index is 1.80. The summed E-state index contributed by atoms with van der Waals surface area (Å²) in [6.07, 6.45) is 2.98. The van der Waals surface area contributed by atoms with Crippen LogP contribution in [-0.2, 0) is 17.9 Å². The Morgan fingerprint density at radius 2 is 1.94 bits per heavy atom. The van der Waals surface area contributed by atoms with Crippen molar-refractivity contribution in [2.75, 3.05) is 20.3 Å². The fourth-order valence-corrected chi connectivity index (χ4v) is 3.41. The minimum atomic E-state index is -0.520. The molecular formula is C24H28FN3O4. The molecule has 0 spiro atoms. The molecule has 32 heavy (non-hydrogen) atoms. The van der Waals surface area contributed by atoms with Gasteiger partial charge in [0.25, 0.3) is 5.56 Å². The first-order valence-corrected chi connectivity index (χ1v) is 10.7. The minimum absolute atomic E-state index is 0.148. The van der Waals surface area contributed by atoms with Crippen LogP contribution in [0.4, 0.5) is 4.39 Å². The summed E-state index contributed by atoms with van der Waals surface area (Å²) < 4.78 is 25.9. The lowest BCUT2D eigenvalue weighted by molar-refractivity contribution is -0.132. The maximum absolute atomic E-state index is 13.6. The van der Waals surface area contributed by atoms with E-state index in [1.165, 1.54) is 23.0 Å². The molecule has 0 atom stereocenters. The van der Waals surface area contributed by atoms with E-state index in [0.29, 0.717) is 36.7 Å². The van der Waals surface area contributed by atoms with Crippen LogP contribution in [0.2, 0.25) is 0 Å². The number of amides is 1. The maximum atomic E-state index is 13.6. The molecule has 170 valence electrons. The van der Waals surface area contributed by atoms with Gasteiger partial charge in [0.15, 0.2) is 11.5 Å². The Labute approximate surface area is 186 Å². The highest BCUT2D eigenvalue weighted by Crippen LogP contribution is 2.28. The van der Waals surface area contributed by atoms with Crippen LogP contribution < -0.4 is 15.0 Å². The Hall–Kier alpha value is -3.42. The molecule has 0 saturated carbocycles. The second-order valence-corrected chi connectivity index (χ2v) is 7.49. The van der Waals surface area contributed by atoms with Crippen molar-refractivity contribution in [3.05, 3.63) is 64.5 Å². The van der Waals surface area contributed by atoms with Crippen LogP contribution in [0.3, 0.4) is 0 Å². The molecule has 3 rings (SSSR count). The number of rotatable bonds is 10. The first-order valence-electron chi connectivity index (χ1n) is 10.7. The Bertz CT molecular complexity index is 1150. The number of aromatic nitrogens is 2. The SMILES string of the molecule is CCCOc1ccc(CN(CCC)C(=O)Cn2cnc3ccc(F)cc3c2=O)cc1OC. The van der Waals surface area contributed by atoms with Gasteiger partial charge in [-0.1, -0.05) is 19.9 Å². The number of hydrogen-bond donors (Lipinski definition) is 0. The van der Waals surface area contributed by atoms with Crippen LogP contribution in [0.5, 0.6) is 11.5 Å². The molecule has 0 bridgehead atoms. The maximum Gasteiger partial charge on any atom is 0.261 e. The Kier molecular flexibility index (Phi) is 7.81. The van der Waals surface area contributed by atoms with Gasteiger partial charge < -0.3 is 14.4 Å². The Morgan fingerprint density at radius 3 is 2.66 bits per heavy atom. The molecule has 8 heteroatoms. The zero-order valence-corrected chi connectivity index (χ0v) is 18.6. The average molecular weight is 442 g/mol. The molecule has 0 unspecified atom stereocenters. The lowest BCUT2D eigenvalue weighted by Gasteiger charge is -2.23. The predicted molar refractivity (Wildman–Crippen MR) is 120 cm³/mol. The summed E-state index contributed by atoms with van der Waals surface area (Å²) in [7, 11) is 1.58. The third-order valence-corrected chi connectivity index (χ3v) is 5.00. The predicted octanol–water partition coefficient (Wildman–Crippen LogP) is 3.77. The van der Waals surface area contributed by atoms with E-state index in [-0.39, 0.29) is 17.8 Å². The molecule has 1 amide bonds. The topological polar surface area (TPSA) is 73.7 Å². The molecule has 7 nitrogen and oxygen atoms in total. The van der Waals surface area contributed by atoms with E-state index in [1.54, 1.807) is 12.0 Å². The van der Waals surface area contributed by atoms with Gasteiger partial charge >= 0.3 is 0 Å². The van der Waals surface area contributed by atoms with Gasteiger partial charge in [-0.15, -0.1) is 0 Å². The van der Waals surface area contributed by atoms with Crippen LogP contribution in [-0.4, -0.2) is 40.6 Å². The monoisotopic (exact) mass is 441 g/mol. The zero-order valence-electron chi connectivity index (χ0n) is 18.6. The summed E-state index contributed by atoms with van der Waals surface area (Å²) in [5.74, 6) is 0.523. The summed E-state index contributed by atoms with van der Waals surface area (Å²) >= 11 is 0. The van der Waals surface area contributed by atoms with Crippen LogP contribution in [0.1, 0.15) is 32.3 Å². The fourth-order valence-electron chi connectivity index (χ4n) is 3.41. The number of carbonyl (C=O) groups is 1. The molecule has 0 saturated heterocycles. The molecule has 2 aromatic carbocycles. The van der Waals surface area contributed by atoms with Crippen LogP contribution in [0.25, 0.3) is 10.9 Å². The number of methoxy groups -OCH3 is 1. The summed E-state index contributed by atoms with van der Waals surface area (Å²) in [4.78, 5) is 31.6. The van der Waals surface area contributed by atoms with E-state index in [1.807, 2.05) is 32.0 Å². The summed E-state index contributed by atoms with van der Waals surface area (Å²) in [5.41, 5.74) is 0.833. The van der Waals surface area contributed by atoms with Gasteiger partial charge in [0.05, 0.1) is 30.9 Å². The van der Waals surface area contributed by atoms with Crippen molar-refractivity contribution >= 4 is 16.8 Å². The second-order valence-electron chi connectivity index (χ2n) is 7.49. The number of hydrogen-bond acceptors (Lipinski definition) is 5. The van der Waals surface area contributed by atoms with E-state index >= 15 is 0 Å². The van der Waals surface area contributed by atoms with Gasteiger partial charge in [-0.2, -0.15) is 0 Å². The molecule has 0 N–H and O–H groups in total. The van der Waals surface area contributed by atoms with Gasteiger partial charge in [-0.3, -0.25) is 14.2 Å². The molecule has 0 aliphatic carbocycles. The third-order valence-electron chi connectivity index (χ3n) is 5.00. The van der Waals surface area contributed by atoms with E-state index in [9.17, 15) is 14.0 Å². The molecule has 0 aliphatic heterocycles. The van der Waals surface area contributed by atoms with Gasteiger partial charge in [0.1, 0.15) is 12.4 Å². The lowest BCUT2D eigenvalue weighted by atomic mass is 10.1. The van der Waals surface area contributed by atoms with Crippen molar-refractivity contribution in [3.63, 3.8) is 0 Å². The highest BCUT2D eigenvalue weighted by atomic mass is 19.1. The number of carbonyl (C=O) groups excluding carboxylic acids is 1. The summed E-state index contributed by atoms with van der Waals surface area (Å²) in [6.45, 7) is 5.32. The highest BCUT2D eigenvalue weighted by molar-refractivity contribution is 5.79. The van der Waals surface area contributed by atoms with Crippen molar-refractivity contribution in [3.8, 4) is 11.5 Å². The van der Waals surface area contributed by atoms with Crippen LogP contribution >= 0.6 is 0 Å². The number of halogens is 1. The van der Waals surface area contributed by atoms with Gasteiger partial charge in [-0.25, -0.2) is 9.37 Å². The first-order chi connectivity index (χ1) is 15.5. The van der Waals surface area contributed by atoms with Crippen molar-refractivity contribution in [1.82, 2.24) is 14.5 Å². The quantitative estimate of drug-likeness (QED) is 0.479. The molecular weight excluding hydrogens is 413 g/mol. The highest BCUT2D eigenvalue weighted by Gasteiger charge is 2.17. The summed E-state index contributed by atoms with van der Waals surface area (Å²) in [6, 6.07) is 9.43. The molecule has 1 aromatic heterocycles. The zero-order chi connectivity index (χ0) is 23.1. The minimum Gasteiger partial charge on any atom is -0.493 e. The van der Waals surface area contributed by atoms with Crippen molar-refractivity contribution in [1.29, 1.82) is 0 Å². The van der Waals surface area contributed by atoms with Crippen LogP contribution in [0, 0.1) is 5.82 Å². The largest absolute Gasteiger partial charge is 0.493 e.